The summed E-state index contributed by atoms with van der Waals surface area (Å²) in [6.07, 6.45) is 3.51. The Hall–Kier alpha value is -1.95. The van der Waals surface area contributed by atoms with Crippen molar-refractivity contribution in [2.45, 2.75) is 20.4 Å². The molecule has 0 fully saturated rings. The predicted octanol–water partition coefficient (Wildman–Crippen LogP) is 3.18. The summed E-state index contributed by atoms with van der Waals surface area (Å²) in [5.74, 6) is 0.519. The Morgan fingerprint density at radius 3 is 2.80 bits per heavy atom. The Balaban J connectivity index is 1.91. The average Bonchev–Trinajstić information content (AvgIpc) is 2.41. The molecule has 0 aliphatic rings. The molecule has 104 valence electrons. The van der Waals surface area contributed by atoms with Gasteiger partial charge in [0.15, 0.2) is 0 Å². The normalized spacial score (nSPS) is 10.2. The van der Waals surface area contributed by atoms with E-state index in [4.69, 9.17) is 0 Å². The summed E-state index contributed by atoms with van der Waals surface area (Å²) in [7, 11) is 0. The first kappa shape index (κ1) is 14.5. The monoisotopic (exact) mass is 334 g/mol. The highest BCUT2D eigenvalue weighted by Crippen LogP contribution is 2.15. The first-order valence-corrected chi connectivity index (χ1v) is 6.92. The SMILES string of the molecule is Cc1cncc(CNC(=O)Nc2ccc(Br)c(C)n2)c1. The van der Waals surface area contributed by atoms with Gasteiger partial charge in [0.1, 0.15) is 5.82 Å². The first-order valence-electron chi connectivity index (χ1n) is 6.13. The lowest BCUT2D eigenvalue weighted by molar-refractivity contribution is 0.251. The number of nitrogens with zero attached hydrogens (tertiary/aromatic N) is 2. The third-order valence-electron chi connectivity index (χ3n) is 2.65. The van der Waals surface area contributed by atoms with Gasteiger partial charge in [-0.3, -0.25) is 10.3 Å². The molecule has 0 radical (unpaired) electrons. The van der Waals surface area contributed by atoms with Crippen LogP contribution in [0.15, 0.2) is 35.1 Å². The molecule has 0 bridgehead atoms. The maximum absolute atomic E-state index is 11.8. The fraction of sp³-hybridized carbons (Fsp3) is 0.214. The summed E-state index contributed by atoms with van der Waals surface area (Å²) in [6.45, 7) is 4.26. The largest absolute Gasteiger partial charge is 0.334 e. The number of pyridine rings is 2. The third-order valence-corrected chi connectivity index (χ3v) is 3.49. The number of rotatable bonds is 3. The zero-order chi connectivity index (χ0) is 14.5. The lowest BCUT2D eigenvalue weighted by Gasteiger charge is -2.08. The molecule has 0 aliphatic carbocycles. The van der Waals surface area contributed by atoms with Crippen LogP contribution in [0.2, 0.25) is 0 Å². The van der Waals surface area contributed by atoms with E-state index in [0.29, 0.717) is 12.4 Å². The maximum atomic E-state index is 11.8. The number of urea groups is 1. The van der Waals surface area contributed by atoms with Gasteiger partial charge in [-0.1, -0.05) is 6.07 Å². The summed E-state index contributed by atoms with van der Waals surface area (Å²) >= 11 is 3.37. The number of hydrogen-bond acceptors (Lipinski definition) is 3. The van der Waals surface area contributed by atoms with Crippen LogP contribution in [0.1, 0.15) is 16.8 Å². The average molecular weight is 335 g/mol. The molecule has 0 unspecified atom stereocenters. The van der Waals surface area contributed by atoms with E-state index in [1.54, 1.807) is 18.5 Å². The molecule has 2 heterocycles. The fourth-order valence-electron chi connectivity index (χ4n) is 1.67. The van der Waals surface area contributed by atoms with Crippen LogP contribution < -0.4 is 10.6 Å². The molecule has 2 amide bonds. The number of aromatic nitrogens is 2. The van der Waals surface area contributed by atoms with Gasteiger partial charge in [-0.25, -0.2) is 9.78 Å². The van der Waals surface area contributed by atoms with Gasteiger partial charge in [0.2, 0.25) is 0 Å². The van der Waals surface area contributed by atoms with E-state index in [9.17, 15) is 4.79 Å². The Kier molecular flexibility index (Phi) is 4.68. The van der Waals surface area contributed by atoms with Crippen molar-refractivity contribution in [3.63, 3.8) is 0 Å². The molecule has 2 aromatic rings. The van der Waals surface area contributed by atoms with Crippen LogP contribution in [0.4, 0.5) is 10.6 Å². The van der Waals surface area contributed by atoms with Gasteiger partial charge in [0.25, 0.3) is 0 Å². The minimum absolute atomic E-state index is 0.291. The molecule has 20 heavy (non-hydrogen) atoms. The fourth-order valence-corrected chi connectivity index (χ4v) is 1.89. The van der Waals surface area contributed by atoms with Gasteiger partial charge in [0, 0.05) is 23.4 Å². The Morgan fingerprint density at radius 2 is 2.10 bits per heavy atom. The van der Waals surface area contributed by atoms with Crippen molar-refractivity contribution in [1.82, 2.24) is 15.3 Å². The van der Waals surface area contributed by atoms with Gasteiger partial charge in [-0.2, -0.15) is 0 Å². The van der Waals surface area contributed by atoms with E-state index in [0.717, 1.165) is 21.3 Å². The van der Waals surface area contributed by atoms with Crippen molar-refractivity contribution in [3.05, 3.63) is 51.9 Å². The third kappa shape index (κ3) is 4.03. The van der Waals surface area contributed by atoms with E-state index in [-0.39, 0.29) is 6.03 Å². The van der Waals surface area contributed by atoms with Crippen molar-refractivity contribution in [1.29, 1.82) is 0 Å². The van der Waals surface area contributed by atoms with E-state index in [2.05, 4.69) is 36.5 Å². The number of amides is 2. The van der Waals surface area contributed by atoms with E-state index >= 15 is 0 Å². The molecule has 0 saturated carbocycles. The molecule has 0 saturated heterocycles. The summed E-state index contributed by atoms with van der Waals surface area (Å²) < 4.78 is 0.911. The molecular weight excluding hydrogens is 320 g/mol. The van der Waals surface area contributed by atoms with E-state index in [1.807, 2.05) is 26.0 Å². The summed E-state index contributed by atoms with van der Waals surface area (Å²) in [4.78, 5) is 20.1. The predicted molar refractivity (Wildman–Crippen MR) is 81.5 cm³/mol. The second kappa shape index (κ2) is 6.47. The van der Waals surface area contributed by atoms with Crippen molar-refractivity contribution >= 4 is 27.8 Å². The second-order valence-electron chi connectivity index (χ2n) is 4.44. The number of carbonyl (C=O) groups excluding carboxylic acids is 1. The first-order chi connectivity index (χ1) is 9.54. The second-order valence-corrected chi connectivity index (χ2v) is 5.30. The molecule has 2 rings (SSSR count). The van der Waals surface area contributed by atoms with Crippen LogP contribution in [0.3, 0.4) is 0 Å². The molecule has 0 aliphatic heterocycles. The van der Waals surface area contributed by atoms with Crippen LogP contribution in [-0.2, 0) is 6.54 Å². The number of hydrogen-bond donors (Lipinski definition) is 2. The summed E-state index contributed by atoms with van der Waals surface area (Å²) in [5, 5.41) is 5.46. The lowest BCUT2D eigenvalue weighted by atomic mass is 10.2. The molecule has 6 heteroatoms. The number of anilines is 1. The van der Waals surface area contributed by atoms with Crippen LogP contribution in [0, 0.1) is 13.8 Å². The Bertz CT molecular complexity index is 630. The quantitative estimate of drug-likeness (QED) is 0.905. The molecular formula is C14H15BrN4O. The maximum Gasteiger partial charge on any atom is 0.320 e. The number of aryl methyl sites for hydroxylation is 2. The molecule has 2 N–H and O–H groups in total. The Morgan fingerprint density at radius 1 is 1.30 bits per heavy atom. The molecule has 5 nitrogen and oxygen atoms in total. The van der Waals surface area contributed by atoms with Crippen molar-refractivity contribution < 1.29 is 4.79 Å². The smallest absolute Gasteiger partial charge is 0.320 e. The summed E-state index contributed by atoms with van der Waals surface area (Å²) in [6, 6.07) is 5.28. The van der Waals surface area contributed by atoms with Gasteiger partial charge >= 0.3 is 6.03 Å². The Labute approximate surface area is 126 Å². The van der Waals surface area contributed by atoms with Gasteiger partial charge in [0.05, 0.1) is 5.69 Å². The van der Waals surface area contributed by atoms with Crippen molar-refractivity contribution in [3.8, 4) is 0 Å². The van der Waals surface area contributed by atoms with Gasteiger partial charge < -0.3 is 5.32 Å². The lowest BCUT2D eigenvalue weighted by Crippen LogP contribution is -2.28. The van der Waals surface area contributed by atoms with Crippen molar-refractivity contribution in [2.24, 2.45) is 0 Å². The van der Waals surface area contributed by atoms with Gasteiger partial charge in [-0.05, 0) is 53.0 Å². The number of nitrogens with one attached hydrogen (secondary N) is 2. The van der Waals surface area contributed by atoms with Crippen molar-refractivity contribution in [2.75, 3.05) is 5.32 Å². The highest BCUT2D eigenvalue weighted by atomic mass is 79.9. The standard InChI is InChI=1S/C14H15BrN4O/c1-9-5-11(7-16-6-9)8-17-14(20)19-13-4-3-12(15)10(2)18-13/h3-7H,8H2,1-2H3,(H2,17,18,19,20). The van der Waals surface area contributed by atoms with Crippen LogP contribution in [0.5, 0.6) is 0 Å². The van der Waals surface area contributed by atoms with Crippen LogP contribution in [0.25, 0.3) is 0 Å². The highest BCUT2D eigenvalue weighted by Gasteiger charge is 2.04. The van der Waals surface area contributed by atoms with Crippen LogP contribution >= 0.6 is 15.9 Å². The topological polar surface area (TPSA) is 66.9 Å². The molecule has 0 aromatic carbocycles. The highest BCUT2D eigenvalue weighted by molar-refractivity contribution is 9.10. The molecule has 0 spiro atoms. The number of halogens is 1. The minimum atomic E-state index is -0.291. The number of carbonyl (C=O) groups is 1. The van der Waals surface area contributed by atoms with E-state index < -0.39 is 0 Å². The van der Waals surface area contributed by atoms with Crippen LogP contribution in [-0.4, -0.2) is 16.0 Å². The summed E-state index contributed by atoms with van der Waals surface area (Å²) in [5.41, 5.74) is 2.85. The zero-order valence-corrected chi connectivity index (χ0v) is 12.9. The minimum Gasteiger partial charge on any atom is -0.334 e. The van der Waals surface area contributed by atoms with Gasteiger partial charge in [-0.15, -0.1) is 0 Å². The van der Waals surface area contributed by atoms with E-state index in [1.165, 1.54) is 0 Å². The molecule has 2 aromatic heterocycles. The molecule has 0 atom stereocenters. The zero-order valence-electron chi connectivity index (χ0n) is 11.3.